The number of amides is 2. The maximum Gasteiger partial charge on any atom is 0.243 e. The summed E-state index contributed by atoms with van der Waals surface area (Å²) in [6.07, 6.45) is 2.75. The van der Waals surface area contributed by atoms with Gasteiger partial charge < -0.3 is 10.2 Å². The lowest BCUT2D eigenvalue weighted by molar-refractivity contribution is -0.141. The van der Waals surface area contributed by atoms with Gasteiger partial charge in [0, 0.05) is 32.0 Å². The molecule has 0 radical (unpaired) electrons. The average molecular weight is 592 g/mol. The fraction of sp³-hybridized carbons (Fsp3) is 0.412. The fourth-order valence-corrected chi connectivity index (χ4v) is 5.89. The minimum absolute atomic E-state index is 0.0343. The van der Waals surface area contributed by atoms with E-state index in [-0.39, 0.29) is 37.4 Å². The SMILES string of the molecule is CC[C@@H](C)NC(=O)[C@H](Cc1ccccc1)N(Cc1ccc(C)cc1)C(=O)CCCN(c1cccc(C)c1C)S(C)(=O)=O. The normalized spacial score (nSPS) is 12.8. The molecule has 2 atom stereocenters. The van der Waals surface area contributed by atoms with E-state index in [2.05, 4.69) is 5.32 Å². The van der Waals surface area contributed by atoms with Crippen molar-refractivity contribution in [2.75, 3.05) is 17.1 Å². The van der Waals surface area contributed by atoms with Crippen LogP contribution in [0.4, 0.5) is 5.69 Å². The van der Waals surface area contributed by atoms with Crippen LogP contribution in [0.25, 0.3) is 0 Å². The lowest BCUT2D eigenvalue weighted by Gasteiger charge is -2.33. The molecule has 0 spiro atoms. The fourth-order valence-electron chi connectivity index (χ4n) is 4.87. The molecular weight excluding hydrogens is 546 g/mol. The smallest absolute Gasteiger partial charge is 0.243 e. The summed E-state index contributed by atoms with van der Waals surface area (Å²) in [5.41, 5.74) is 5.51. The Kier molecular flexibility index (Phi) is 11.7. The molecule has 7 nitrogen and oxygen atoms in total. The molecule has 1 N–H and O–H groups in total. The highest BCUT2D eigenvalue weighted by atomic mass is 32.2. The van der Waals surface area contributed by atoms with Crippen LogP contribution in [0.1, 0.15) is 60.9 Å². The lowest BCUT2D eigenvalue weighted by atomic mass is 10.0. The Morgan fingerprint density at radius 2 is 1.55 bits per heavy atom. The van der Waals surface area contributed by atoms with Gasteiger partial charge in [0.25, 0.3) is 0 Å². The molecule has 3 aromatic carbocycles. The molecule has 0 aliphatic heterocycles. The van der Waals surface area contributed by atoms with Crippen LogP contribution in [0.2, 0.25) is 0 Å². The number of rotatable bonds is 14. The molecule has 0 saturated carbocycles. The molecule has 0 aliphatic carbocycles. The maximum absolute atomic E-state index is 14.0. The van der Waals surface area contributed by atoms with Crippen molar-refractivity contribution in [2.45, 2.75) is 78.9 Å². The van der Waals surface area contributed by atoms with E-state index in [1.165, 1.54) is 10.6 Å². The average Bonchev–Trinajstić information content (AvgIpc) is 2.95. The summed E-state index contributed by atoms with van der Waals surface area (Å²) in [4.78, 5) is 29.3. The van der Waals surface area contributed by atoms with Crippen molar-refractivity contribution in [1.29, 1.82) is 0 Å². The second-order valence-electron chi connectivity index (χ2n) is 11.2. The molecule has 0 heterocycles. The summed E-state index contributed by atoms with van der Waals surface area (Å²) < 4.78 is 26.9. The van der Waals surface area contributed by atoms with Crippen molar-refractivity contribution < 1.29 is 18.0 Å². The number of nitrogens with one attached hydrogen (secondary N) is 1. The molecular formula is C34H45N3O4S. The molecule has 3 rings (SSSR count). The van der Waals surface area contributed by atoms with E-state index in [1.54, 1.807) is 11.0 Å². The third kappa shape index (κ3) is 9.18. The molecule has 0 aromatic heterocycles. The summed E-state index contributed by atoms with van der Waals surface area (Å²) in [5.74, 6) is -0.382. The second-order valence-corrected chi connectivity index (χ2v) is 13.1. The van der Waals surface area contributed by atoms with Crippen LogP contribution in [-0.4, -0.2) is 50.0 Å². The van der Waals surface area contributed by atoms with Crippen molar-refractivity contribution in [1.82, 2.24) is 10.2 Å². The predicted molar refractivity (Wildman–Crippen MR) is 171 cm³/mol. The first-order chi connectivity index (χ1) is 19.9. The molecule has 0 saturated heterocycles. The van der Waals surface area contributed by atoms with E-state index >= 15 is 0 Å². The molecule has 3 aromatic rings. The standard InChI is InChI=1S/C34H45N3O4S/c1-7-27(4)35-34(39)32(23-29-14-9-8-10-15-29)36(24-30-20-18-25(2)19-21-30)33(38)17-12-22-37(42(6,40)41)31-16-11-13-26(3)28(31)5/h8-11,13-16,18-21,27,32H,7,12,17,22-24H2,1-6H3,(H,35,39)/t27-,32+/m1/s1. The van der Waals surface area contributed by atoms with Gasteiger partial charge >= 0.3 is 0 Å². The highest BCUT2D eigenvalue weighted by Gasteiger charge is 2.31. The van der Waals surface area contributed by atoms with E-state index < -0.39 is 16.1 Å². The van der Waals surface area contributed by atoms with Crippen LogP contribution < -0.4 is 9.62 Å². The summed E-state index contributed by atoms with van der Waals surface area (Å²) in [6.45, 7) is 10.3. The van der Waals surface area contributed by atoms with Crippen LogP contribution in [0.3, 0.4) is 0 Å². The van der Waals surface area contributed by atoms with Crippen LogP contribution in [-0.2, 0) is 32.6 Å². The summed E-state index contributed by atoms with van der Waals surface area (Å²) >= 11 is 0. The van der Waals surface area contributed by atoms with Crippen molar-refractivity contribution in [3.8, 4) is 0 Å². The van der Waals surface area contributed by atoms with Crippen LogP contribution in [0.15, 0.2) is 72.8 Å². The first kappa shape index (κ1) is 32.9. The summed E-state index contributed by atoms with van der Waals surface area (Å²) in [5, 5.41) is 3.09. The Morgan fingerprint density at radius 1 is 0.881 bits per heavy atom. The van der Waals surface area contributed by atoms with Crippen LogP contribution >= 0.6 is 0 Å². The number of benzene rings is 3. The Balaban J connectivity index is 1.90. The Hall–Kier alpha value is -3.65. The van der Waals surface area contributed by atoms with Gasteiger partial charge in [-0.1, -0.05) is 79.2 Å². The molecule has 8 heteroatoms. The van der Waals surface area contributed by atoms with Crippen LogP contribution in [0.5, 0.6) is 0 Å². The minimum Gasteiger partial charge on any atom is -0.352 e. The van der Waals surface area contributed by atoms with Crippen LogP contribution in [0, 0.1) is 20.8 Å². The third-order valence-corrected chi connectivity index (χ3v) is 8.92. The number of carbonyl (C=O) groups is 2. The van der Waals surface area contributed by atoms with Gasteiger partial charge in [-0.25, -0.2) is 8.42 Å². The molecule has 0 bridgehead atoms. The zero-order valence-corrected chi connectivity index (χ0v) is 26.6. The maximum atomic E-state index is 14.0. The third-order valence-electron chi connectivity index (χ3n) is 7.74. The molecule has 0 unspecified atom stereocenters. The van der Waals surface area contributed by atoms with Gasteiger partial charge in [0.15, 0.2) is 0 Å². The van der Waals surface area contributed by atoms with E-state index in [9.17, 15) is 18.0 Å². The topological polar surface area (TPSA) is 86.8 Å². The van der Waals surface area contributed by atoms with Gasteiger partial charge in [-0.2, -0.15) is 0 Å². The summed E-state index contributed by atoms with van der Waals surface area (Å²) in [7, 11) is -3.57. The Bertz CT molecular complexity index is 1440. The number of hydrogen-bond donors (Lipinski definition) is 1. The molecule has 226 valence electrons. The molecule has 42 heavy (non-hydrogen) atoms. The van der Waals surface area contributed by atoms with Gasteiger partial charge in [-0.3, -0.25) is 13.9 Å². The quantitative estimate of drug-likeness (QED) is 0.260. The van der Waals surface area contributed by atoms with E-state index in [4.69, 9.17) is 0 Å². The first-order valence-electron chi connectivity index (χ1n) is 14.6. The van der Waals surface area contributed by atoms with Gasteiger partial charge in [0.2, 0.25) is 21.8 Å². The van der Waals surface area contributed by atoms with E-state index in [0.717, 1.165) is 34.2 Å². The number of carbonyl (C=O) groups excluding carboxylic acids is 2. The van der Waals surface area contributed by atoms with Crippen molar-refractivity contribution >= 4 is 27.5 Å². The number of anilines is 1. The number of nitrogens with zero attached hydrogens (tertiary/aromatic N) is 2. The van der Waals surface area contributed by atoms with Gasteiger partial charge in [0.1, 0.15) is 6.04 Å². The lowest BCUT2D eigenvalue weighted by Crippen LogP contribution is -2.52. The van der Waals surface area contributed by atoms with Gasteiger partial charge in [-0.15, -0.1) is 0 Å². The second kappa shape index (κ2) is 15.0. The van der Waals surface area contributed by atoms with Gasteiger partial charge in [-0.05, 0) is 68.9 Å². The molecule has 2 amide bonds. The number of aryl methyl sites for hydroxylation is 2. The van der Waals surface area contributed by atoms with Crippen molar-refractivity contribution in [3.05, 3.63) is 101 Å². The predicted octanol–water partition coefficient (Wildman–Crippen LogP) is 5.71. The Morgan fingerprint density at radius 3 is 2.17 bits per heavy atom. The highest BCUT2D eigenvalue weighted by molar-refractivity contribution is 7.92. The highest BCUT2D eigenvalue weighted by Crippen LogP contribution is 2.26. The summed E-state index contributed by atoms with van der Waals surface area (Å²) in [6, 6.07) is 22.5. The molecule has 0 aliphatic rings. The van der Waals surface area contributed by atoms with E-state index in [1.807, 2.05) is 101 Å². The zero-order chi connectivity index (χ0) is 30.9. The first-order valence-corrected chi connectivity index (χ1v) is 16.5. The Labute approximate surface area is 252 Å². The number of hydrogen-bond acceptors (Lipinski definition) is 4. The minimum atomic E-state index is -3.57. The monoisotopic (exact) mass is 591 g/mol. The number of sulfonamides is 1. The van der Waals surface area contributed by atoms with Gasteiger partial charge in [0.05, 0.1) is 11.9 Å². The molecule has 0 fully saturated rings. The van der Waals surface area contributed by atoms with E-state index in [0.29, 0.717) is 18.5 Å². The zero-order valence-electron chi connectivity index (χ0n) is 25.8. The van der Waals surface area contributed by atoms with Crippen molar-refractivity contribution in [2.24, 2.45) is 0 Å². The van der Waals surface area contributed by atoms with Crippen molar-refractivity contribution in [3.63, 3.8) is 0 Å². The largest absolute Gasteiger partial charge is 0.352 e.